The second-order valence-electron chi connectivity index (χ2n) is 3.34. The maximum atomic E-state index is 13.5. The summed E-state index contributed by atoms with van der Waals surface area (Å²) >= 11 is 5.65. The van der Waals surface area contributed by atoms with E-state index in [0.717, 1.165) is 0 Å². The highest BCUT2D eigenvalue weighted by Crippen LogP contribution is 2.18. The fourth-order valence-electron chi connectivity index (χ4n) is 1.32. The van der Waals surface area contributed by atoms with E-state index in [0.29, 0.717) is 25.2 Å². The van der Waals surface area contributed by atoms with Gasteiger partial charge in [-0.15, -0.1) is 0 Å². The molecule has 0 aromatic heterocycles. The molecule has 0 bridgehead atoms. The summed E-state index contributed by atoms with van der Waals surface area (Å²) in [5.74, 6) is -0.383. The highest BCUT2D eigenvalue weighted by molar-refractivity contribution is 6.30. The van der Waals surface area contributed by atoms with Crippen molar-refractivity contribution in [2.24, 2.45) is 5.73 Å². The van der Waals surface area contributed by atoms with Crippen LogP contribution in [0.4, 0.5) is 4.39 Å². The Morgan fingerprint density at radius 3 is 2.93 bits per heavy atom. The van der Waals surface area contributed by atoms with Crippen LogP contribution < -0.4 is 5.73 Å². The van der Waals surface area contributed by atoms with Crippen LogP contribution in [0.3, 0.4) is 0 Å². The molecule has 0 spiro atoms. The number of rotatable bonds is 5. The third-order valence-electron chi connectivity index (χ3n) is 2.05. The van der Waals surface area contributed by atoms with Gasteiger partial charge in [0.05, 0.1) is 11.6 Å². The van der Waals surface area contributed by atoms with Gasteiger partial charge >= 0.3 is 0 Å². The molecule has 1 aromatic carbocycles. The number of halogens is 2. The van der Waals surface area contributed by atoms with Crippen molar-refractivity contribution in [2.45, 2.75) is 19.4 Å². The summed E-state index contributed by atoms with van der Waals surface area (Å²) in [6.07, 6.45) is 0.437. The van der Waals surface area contributed by atoms with Gasteiger partial charge in [-0.25, -0.2) is 4.39 Å². The Kier molecular flexibility index (Phi) is 5.02. The van der Waals surface area contributed by atoms with Crippen LogP contribution >= 0.6 is 11.6 Å². The van der Waals surface area contributed by atoms with Crippen LogP contribution in [0.1, 0.15) is 12.5 Å². The second kappa shape index (κ2) is 6.05. The van der Waals surface area contributed by atoms with Crippen molar-refractivity contribution in [1.29, 1.82) is 0 Å². The van der Waals surface area contributed by atoms with Gasteiger partial charge in [0.2, 0.25) is 0 Å². The molecule has 0 aliphatic heterocycles. The first kappa shape index (κ1) is 12.4. The van der Waals surface area contributed by atoms with Gasteiger partial charge in [0, 0.05) is 12.6 Å². The Bertz CT molecular complexity index is 319. The van der Waals surface area contributed by atoms with Gasteiger partial charge in [0.1, 0.15) is 5.82 Å². The lowest BCUT2D eigenvalue weighted by atomic mass is 10.1. The van der Waals surface area contributed by atoms with Crippen LogP contribution in [0.5, 0.6) is 0 Å². The summed E-state index contributed by atoms with van der Waals surface area (Å²) in [5, 5.41) is 0.135. The van der Waals surface area contributed by atoms with Gasteiger partial charge in [-0.05, 0) is 25.0 Å². The molecule has 4 heteroatoms. The number of ether oxygens (including phenoxy) is 1. The van der Waals surface area contributed by atoms with Gasteiger partial charge in [0.25, 0.3) is 0 Å². The van der Waals surface area contributed by atoms with Crippen molar-refractivity contribution < 1.29 is 9.13 Å². The molecule has 0 aliphatic rings. The molecule has 0 fully saturated rings. The van der Waals surface area contributed by atoms with Crippen molar-refractivity contribution in [3.8, 4) is 0 Å². The van der Waals surface area contributed by atoms with Crippen LogP contribution in [0, 0.1) is 5.82 Å². The van der Waals surface area contributed by atoms with E-state index in [1.807, 2.05) is 6.92 Å². The standard InChI is InChI=1S/C11H15ClFNO/c1-2-15-7-9(14)6-8-4-3-5-10(12)11(8)13/h3-5,9H,2,6-7,14H2,1H3. The van der Waals surface area contributed by atoms with E-state index in [9.17, 15) is 4.39 Å². The van der Waals surface area contributed by atoms with Crippen molar-refractivity contribution >= 4 is 11.6 Å². The largest absolute Gasteiger partial charge is 0.380 e. The van der Waals surface area contributed by atoms with Crippen molar-refractivity contribution in [3.05, 3.63) is 34.6 Å². The SMILES string of the molecule is CCOCC(N)Cc1cccc(Cl)c1F. The first-order valence-electron chi connectivity index (χ1n) is 4.91. The lowest BCUT2D eigenvalue weighted by Gasteiger charge is -2.12. The quantitative estimate of drug-likeness (QED) is 0.845. The van der Waals surface area contributed by atoms with Crippen LogP contribution in [-0.4, -0.2) is 19.3 Å². The molecule has 0 radical (unpaired) electrons. The van der Waals surface area contributed by atoms with E-state index in [2.05, 4.69) is 0 Å². The van der Waals surface area contributed by atoms with Gasteiger partial charge < -0.3 is 10.5 Å². The lowest BCUT2D eigenvalue weighted by molar-refractivity contribution is 0.133. The first-order chi connectivity index (χ1) is 7.15. The zero-order valence-corrected chi connectivity index (χ0v) is 9.43. The predicted octanol–water partition coefficient (Wildman–Crippen LogP) is 2.39. The number of nitrogens with two attached hydrogens (primary N) is 1. The molecule has 0 aliphatic carbocycles. The Hall–Kier alpha value is -0.640. The predicted molar refractivity (Wildman–Crippen MR) is 59.6 cm³/mol. The van der Waals surface area contributed by atoms with Gasteiger partial charge in [-0.1, -0.05) is 23.7 Å². The van der Waals surface area contributed by atoms with Gasteiger partial charge in [0.15, 0.2) is 0 Å². The lowest BCUT2D eigenvalue weighted by Crippen LogP contribution is -2.29. The smallest absolute Gasteiger partial charge is 0.145 e. The normalized spacial score (nSPS) is 12.8. The van der Waals surface area contributed by atoms with Crippen LogP contribution in [-0.2, 0) is 11.2 Å². The fraction of sp³-hybridized carbons (Fsp3) is 0.455. The first-order valence-corrected chi connectivity index (χ1v) is 5.29. The molecule has 1 atom stereocenters. The molecule has 1 rings (SSSR count). The second-order valence-corrected chi connectivity index (χ2v) is 3.74. The monoisotopic (exact) mass is 231 g/mol. The summed E-state index contributed by atoms with van der Waals surface area (Å²) < 4.78 is 18.6. The Morgan fingerprint density at radius 1 is 1.53 bits per heavy atom. The van der Waals surface area contributed by atoms with E-state index in [1.165, 1.54) is 6.07 Å². The molecule has 1 unspecified atom stereocenters. The van der Waals surface area contributed by atoms with Gasteiger partial charge in [-0.3, -0.25) is 0 Å². The van der Waals surface area contributed by atoms with Crippen molar-refractivity contribution in [2.75, 3.05) is 13.2 Å². The van der Waals surface area contributed by atoms with Crippen molar-refractivity contribution in [1.82, 2.24) is 0 Å². The average Bonchev–Trinajstić information content (AvgIpc) is 2.22. The molecule has 15 heavy (non-hydrogen) atoms. The summed E-state index contributed by atoms with van der Waals surface area (Å²) in [6, 6.07) is 4.73. The van der Waals surface area contributed by atoms with Crippen LogP contribution in [0.2, 0.25) is 5.02 Å². The number of hydrogen-bond acceptors (Lipinski definition) is 2. The van der Waals surface area contributed by atoms with E-state index in [4.69, 9.17) is 22.1 Å². The Balaban J connectivity index is 2.60. The Morgan fingerprint density at radius 2 is 2.27 bits per heavy atom. The zero-order valence-electron chi connectivity index (χ0n) is 8.67. The average molecular weight is 232 g/mol. The summed E-state index contributed by atoms with van der Waals surface area (Å²) in [7, 11) is 0. The van der Waals surface area contributed by atoms with E-state index in [-0.39, 0.29) is 16.9 Å². The summed E-state index contributed by atoms with van der Waals surface area (Å²) in [5.41, 5.74) is 6.31. The van der Waals surface area contributed by atoms with E-state index in [1.54, 1.807) is 12.1 Å². The van der Waals surface area contributed by atoms with Crippen LogP contribution in [0.15, 0.2) is 18.2 Å². The maximum absolute atomic E-state index is 13.5. The molecule has 84 valence electrons. The molecule has 0 heterocycles. The molecule has 0 saturated carbocycles. The molecule has 0 amide bonds. The molecule has 1 aromatic rings. The maximum Gasteiger partial charge on any atom is 0.145 e. The fourth-order valence-corrected chi connectivity index (χ4v) is 1.51. The van der Waals surface area contributed by atoms with E-state index >= 15 is 0 Å². The zero-order chi connectivity index (χ0) is 11.3. The van der Waals surface area contributed by atoms with E-state index < -0.39 is 0 Å². The van der Waals surface area contributed by atoms with Gasteiger partial charge in [-0.2, -0.15) is 0 Å². The minimum absolute atomic E-state index is 0.135. The van der Waals surface area contributed by atoms with Crippen LogP contribution in [0.25, 0.3) is 0 Å². The number of hydrogen-bond donors (Lipinski definition) is 1. The highest BCUT2D eigenvalue weighted by atomic mass is 35.5. The highest BCUT2D eigenvalue weighted by Gasteiger charge is 2.10. The molecular weight excluding hydrogens is 217 g/mol. The Labute approximate surface area is 94.2 Å². The molecule has 2 nitrogen and oxygen atoms in total. The minimum Gasteiger partial charge on any atom is -0.380 e. The summed E-state index contributed by atoms with van der Waals surface area (Å²) in [4.78, 5) is 0. The number of benzene rings is 1. The third kappa shape index (κ3) is 3.78. The molecular formula is C11H15ClFNO. The van der Waals surface area contributed by atoms with Crippen molar-refractivity contribution in [3.63, 3.8) is 0 Å². The summed E-state index contributed by atoms with van der Waals surface area (Å²) in [6.45, 7) is 2.95. The third-order valence-corrected chi connectivity index (χ3v) is 2.34. The minimum atomic E-state index is -0.383. The molecule has 2 N–H and O–H groups in total. The topological polar surface area (TPSA) is 35.2 Å². The molecule has 0 saturated heterocycles.